The number of carbonyl (C=O) groups excluding carboxylic acids is 3. The molecule has 1 heterocycles. The Bertz CT molecular complexity index is 562. The summed E-state index contributed by atoms with van der Waals surface area (Å²) in [6, 6.07) is 4.31. The van der Waals surface area contributed by atoms with Crippen LogP contribution in [0, 0.1) is 5.92 Å². The van der Waals surface area contributed by atoms with Crippen molar-refractivity contribution in [2.24, 2.45) is 5.92 Å². The number of nitrogens with one attached hydrogen (secondary N) is 2. The summed E-state index contributed by atoms with van der Waals surface area (Å²) in [5.74, 6) is -0.983. The van der Waals surface area contributed by atoms with E-state index in [-0.39, 0.29) is 11.7 Å². The van der Waals surface area contributed by atoms with Crippen LogP contribution in [0.2, 0.25) is 0 Å². The lowest BCUT2D eigenvalue weighted by Crippen LogP contribution is -2.48. The third kappa shape index (κ3) is 5.36. The number of hydrogen-bond acceptors (Lipinski definition) is 5. The number of hydrogen-bond donors (Lipinski definition) is 2. The molecule has 0 radical (unpaired) electrons. The van der Waals surface area contributed by atoms with Crippen LogP contribution in [0.4, 0.5) is 4.79 Å². The van der Waals surface area contributed by atoms with E-state index in [1.807, 2.05) is 0 Å². The van der Waals surface area contributed by atoms with Gasteiger partial charge in [0, 0.05) is 12.2 Å². The van der Waals surface area contributed by atoms with Gasteiger partial charge in [0.1, 0.15) is 5.69 Å². The van der Waals surface area contributed by atoms with E-state index in [1.165, 1.54) is 18.7 Å². The van der Waals surface area contributed by atoms with Crippen molar-refractivity contribution in [3.05, 3.63) is 30.1 Å². The van der Waals surface area contributed by atoms with Gasteiger partial charge in [-0.05, 0) is 30.9 Å². The van der Waals surface area contributed by atoms with Gasteiger partial charge in [0.25, 0.3) is 5.91 Å². The molecule has 2 rings (SSSR count). The van der Waals surface area contributed by atoms with Gasteiger partial charge in [-0.15, -0.1) is 0 Å². The van der Waals surface area contributed by atoms with E-state index in [4.69, 9.17) is 4.74 Å². The Balaban J connectivity index is 1.71. The maximum Gasteiger partial charge on any atom is 0.357 e. The first kappa shape index (κ1) is 16.9. The maximum absolute atomic E-state index is 11.8. The summed E-state index contributed by atoms with van der Waals surface area (Å²) in [7, 11) is 0. The summed E-state index contributed by atoms with van der Waals surface area (Å²) in [5.41, 5.74) is 0.112. The highest BCUT2D eigenvalue weighted by molar-refractivity contribution is 5.96. The summed E-state index contributed by atoms with van der Waals surface area (Å²) >= 11 is 0. The van der Waals surface area contributed by atoms with Crippen LogP contribution in [-0.4, -0.2) is 35.5 Å². The van der Waals surface area contributed by atoms with E-state index in [9.17, 15) is 14.4 Å². The Kier molecular flexibility index (Phi) is 6.08. The average molecular weight is 319 g/mol. The molecule has 1 aliphatic carbocycles. The molecule has 1 aromatic rings. The second kappa shape index (κ2) is 8.26. The smallest absolute Gasteiger partial charge is 0.357 e. The molecule has 3 amide bonds. The fourth-order valence-corrected chi connectivity index (χ4v) is 2.59. The highest BCUT2D eigenvalue weighted by Crippen LogP contribution is 2.23. The summed E-state index contributed by atoms with van der Waals surface area (Å²) in [5, 5.41) is 4.96. The van der Waals surface area contributed by atoms with Crippen LogP contribution < -0.4 is 10.6 Å². The minimum atomic E-state index is -0.706. The van der Waals surface area contributed by atoms with E-state index in [0.717, 1.165) is 19.3 Å². The van der Waals surface area contributed by atoms with Gasteiger partial charge in [0.05, 0.1) is 0 Å². The molecule has 1 aromatic heterocycles. The van der Waals surface area contributed by atoms with Gasteiger partial charge in [-0.1, -0.05) is 25.8 Å². The molecule has 0 aromatic carbocycles. The number of imide groups is 1. The Morgan fingerprint density at radius 2 is 2.04 bits per heavy atom. The van der Waals surface area contributed by atoms with Crippen molar-refractivity contribution in [2.45, 2.75) is 38.6 Å². The minimum absolute atomic E-state index is 0.0765. The minimum Gasteiger partial charge on any atom is -0.451 e. The van der Waals surface area contributed by atoms with Crippen LogP contribution in [0.5, 0.6) is 0 Å². The lowest BCUT2D eigenvalue weighted by atomic mass is 9.86. The van der Waals surface area contributed by atoms with Crippen molar-refractivity contribution in [1.29, 1.82) is 0 Å². The second-order valence-electron chi connectivity index (χ2n) is 5.68. The Hall–Kier alpha value is -2.44. The van der Waals surface area contributed by atoms with Crippen molar-refractivity contribution in [1.82, 2.24) is 15.6 Å². The van der Waals surface area contributed by atoms with E-state index in [1.54, 1.807) is 12.1 Å². The number of nitrogens with zero attached hydrogens (tertiary/aromatic N) is 1. The number of esters is 1. The van der Waals surface area contributed by atoms with Gasteiger partial charge in [-0.25, -0.2) is 14.6 Å². The molecule has 1 aliphatic rings. The highest BCUT2D eigenvalue weighted by Gasteiger charge is 2.23. The topological polar surface area (TPSA) is 97.4 Å². The average Bonchev–Trinajstić information content (AvgIpc) is 2.55. The van der Waals surface area contributed by atoms with Crippen molar-refractivity contribution in [2.75, 3.05) is 6.61 Å². The SMILES string of the molecule is C[C@@H]1CCCC[C@@H]1NC(=O)NC(=O)COC(=O)c1ccccn1. The largest absolute Gasteiger partial charge is 0.451 e. The fourth-order valence-electron chi connectivity index (χ4n) is 2.59. The zero-order valence-corrected chi connectivity index (χ0v) is 13.1. The van der Waals surface area contributed by atoms with Crippen molar-refractivity contribution in [3.63, 3.8) is 0 Å². The van der Waals surface area contributed by atoms with Crippen molar-refractivity contribution < 1.29 is 19.1 Å². The number of ether oxygens (including phenoxy) is 1. The number of urea groups is 1. The zero-order chi connectivity index (χ0) is 16.7. The molecular weight excluding hydrogens is 298 g/mol. The predicted molar refractivity (Wildman–Crippen MR) is 82.6 cm³/mol. The van der Waals surface area contributed by atoms with Gasteiger partial charge >= 0.3 is 12.0 Å². The lowest BCUT2D eigenvalue weighted by molar-refractivity contribution is -0.123. The quantitative estimate of drug-likeness (QED) is 0.822. The summed E-state index contributed by atoms with van der Waals surface area (Å²) in [6.45, 7) is 1.56. The van der Waals surface area contributed by atoms with Crippen molar-refractivity contribution in [3.8, 4) is 0 Å². The first-order valence-corrected chi connectivity index (χ1v) is 7.75. The van der Waals surface area contributed by atoms with E-state index in [2.05, 4.69) is 22.5 Å². The van der Waals surface area contributed by atoms with Gasteiger partial charge in [-0.3, -0.25) is 10.1 Å². The fraction of sp³-hybridized carbons (Fsp3) is 0.500. The van der Waals surface area contributed by atoms with Gasteiger partial charge in [0.15, 0.2) is 6.61 Å². The molecule has 2 N–H and O–H groups in total. The van der Waals surface area contributed by atoms with E-state index < -0.39 is 24.5 Å². The zero-order valence-electron chi connectivity index (χ0n) is 13.1. The standard InChI is InChI=1S/C16H21N3O4/c1-11-6-2-3-7-12(11)18-16(22)19-14(20)10-23-15(21)13-8-4-5-9-17-13/h4-5,8-9,11-12H,2-3,6-7,10H2,1H3,(H2,18,19,20,22)/t11-,12+/m1/s1. The first-order chi connectivity index (χ1) is 11.1. The van der Waals surface area contributed by atoms with Gasteiger partial charge in [-0.2, -0.15) is 0 Å². The molecule has 2 atom stereocenters. The van der Waals surface area contributed by atoms with Crippen LogP contribution in [0.25, 0.3) is 0 Å². The van der Waals surface area contributed by atoms with Gasteiger partial charge in [0.2, 0.25) is 0 Å². The number of aromatic nitrogens is 1. The molecule has 0 spiro atoms. The third-order valence-corrected chi connectivity index (χ3v) is 3.89. The maximum atomic E-state index is 11.8. The number of amides is 3. The third-order valence-electron chi connectivity index (χ3n) is 3.89. The van der Waals surface area contributed by atoms with Crippen LogP contribution in [-0.2, 0) is 9.53 Å². The molecule has 7 nitrogen and oxygen atoms in total. The second-order valence-corrected chi connectivity index (χ2v) is 5.68. The monoisotopic (exact) mass is 319 g/mol. The Morgan fingerprint density at radius 3 is 2.74 bits per heavy atom. The number of rotatable bonds is 4. The highest BCUT2D eigenvalue weighted by atomic mass is 16.5. The molecular formula is C16H21N3O4. The first-order valence-electron chi connectivity index (χ1n) is 7.75. The lowest BCUT2D eigenvalue weighted by Gasteiger charge is -2.29. The van der Waals surface area contributed by atoms with Crippen molar-refractivity contribution >= 4 is 17.9 Å². The normalized spacial score (nSPS) is 20.4. The molecule has 23 heavy (non-hydrogen) atoms. The molecule has 1 fully saturated rings. The van der Waals surface area contributed by atoms with Gasteiger partial charge < -0.3 is 10.1 Å². The number of carbonyl (C=O) groups is 3. The molecule has 0 aliphatic heterocycles. The van der Waals surface area contributed by atoms with E-state index >= 15 is 0 Å². The molecule has 0 bridgehead atoms. The van der Waals surface area contributed by atoms with Crippen LogP contribution >= 0.6 is 0 Å². The summed E-state index contributed by atoms with van der Waals surface area (Å²) in [4.78, 5) is 38.9. The van der Waals surface area contributed by atoms with E-state index in [0.29, 0.717) is 5.92 Å². The number of pyridine rings is 1. The molecule has 7 heteroatoms. The Labute approximate surface area is 134 Å². The molecule has 0 unspecified atom stereocenters. The molecule has 0 saturated heterocycles. The summed E-state index contributed by atoms with van der Waals surface area (Å²) in [6.07, 6.45) is 5.68. The van der Waals surface area contributed by atoms with Crippen LogP contribution in [0.3, 0.4) is 0 Å². The molecule has 124 valence electrons. The predicted octanol–water partition coefficient (Wildman–Crippen LogP) is 1.64. The molecule has 1 saturated carbocycles. The van der Waals surface area contributed by atoms with Crippen LogP contribution in [0.1, 0.15) is 43.1 Å². The summed E-state index contributed by atoms with van der Waals surface area (Å²) < 4.78 is 4.81. The van der Waals surface area contributed by atoms with Crippen LogP contribution in [0.15, 0.2) is 24.4 Å². The Morgan fingerprint density at radius 1 is 1.26 bits per heavy atom.